The van der Waals surface area contributed by atoms with Crippen molar-refractivity contribution < 1.29 is 18.9 Å². The lowest BCUT2D eigenvalue weighted by Crippen LogP contribution is -2.47. The van der Waals surface area contributed by atoms with Crippen LogP contribution in [0.3, 0.4) is 0 Å². The van der Waals surface area contributed by atoms with Gasteiger partial charge in [0.1, 0.15) is 0 Å². The molecule has 0 radical (unpaired) electrons. The van der Waals surface area contributed by atoms with Crippen LogP contribution in [0.25, 0.3) is 0 Å². The van der Waals surface area contributed by atoms with Crippen molar-refractivity contribution in [1.82, 2.24) is 10.6 Å². The third-order valence-corrected chi connectivity index (χ3v) is 5.21. The lowest BCUT2D eigenvalue weighted by molar-refractivity contribution is 0.0992. The summed E-state index contributed by atoms with van der Waals surface area (Å²) in [5.41, 5.74) is 1.04. The van der Waals surface area contributed by atoms with Crippen molar-refractivity contribution in [3.8, 4) is 17.2 Å². The van der Waals surface area contributed by atoms with E-state index in [0.29, 0.717) is 42.0 Å². The summed E-state index contributed by atoms with van der Waals surface area (Å²) in [6, 6.07) is 4.26. The number of ether oxygens (including phenoxy) is 4. The van der Waals surface area contributed by atoms with Gasteiger partial charge in [0.25, 0.3) is 0 Å². The lowest BCUT2D eigenvalue weighted by atomic mass is 9.96. The molecular formula is C20H32IN3O4. The Kier molecular flexibility index (Phi) is 8.94. The quantitative estimate of drug-likeness (QED) is 0.322. The maximum absolute atomic E-state index is 5.93. The zero-order valence-corrected chi connectivity index (χ0v) is 19.4. The fraction of sp³-hybridized carbons (Fsp3) is 0.650. The predicted octanol–water partition coefficient (Wildman–Crippen LogP) is 2.75. The van der Waals surface area contributed by atoms with Gasteiger partial charge in [0.2, 0.25) is 5.75 Å². The molecule has 2 bridgehead atoms. The van der Waals surface area contributed by atoms with E-state index in [1.165, 1.54) is 6.42 Å². The Hall–Kier alpha value is -1.42. The number of fused-ring (bicyclic) bond motifs is 2. The fourth-order valence-corrected chi connectivity index (χ4v) is 3.93. The Balaban J connectivity index is 0.00000280. The molecule has 2 N–H and O–H groups in total. The molecular weight excluding hydrogens is 473 g/mol. The van der Waals surface area contributed by atoms with E-state index in [1.54, 1.807) is 21.3 Å². The minimum Gasteiger partial charge on any atom is -0.493 e. The molecule has 28 heavy (non-hydrogen) atoms. The first-order chi connectivity index (χ1) is 13.2. The molecule has 0 saturated carbocycles. The van der Waals surface area contributed by atoms with Gasteiger partial charge in [-0.25, -0.2) is 0 Å². The number of hydrogen-bond acceptors (Lipinski definition) is 5. The summed E-state index contributed by atoms with van der Waals surface area (Å²) in [6.45, 7) is 3.54. The fourth-order valence-electron chi connectivity index (χ4n) is 3.93. The summed E-state index contributed by atoms with van der Waals surface area (Å²) >= 11 is 0. The lowest BCUT2D eigenvalue weighted by Gasteiger charge is -2.22. The molecule has 2 aliphatic rings. The van der Waals surface area contributed by atoms with Crippen LogP contribution < -0.4 is 24.8 Å². The van der Waals surface area contributed by atoms with E-state index in [4.69, 9.17) is 23.9 Å². The van der Waals surface area contributed by atoms with Crippen molar-refractivity contribution in [2.24, 2.45) is 4.99 Å². The molecule has 2 aliphatic heterocycles. The normalized spacial score (nSPS) is 23.1. The van der Waals surface area contributed by atoms with Gasteiger partial charge in [-0.2, -0.15) is 0 Å². The summed E-state index contributed by atoms with van der Waals surface area (Å²) in [6.07, 6.45) is 4.89. The van der Waals surface area contributed by atoms with Crippen molar-refractivity contribution in [2.75, 3.05) is 34.4 Å². The minimum atomic E-state index is 0. The summed E-state index contributed by atoms with van der Waals surface area (Å²) in [7, 11) is 4.88. The van der Waals surface area contributed by atoms with E-state index in [0.717, 1.165) is 37.3 Å². The number of halogens is 1. The molecule has 0 aromatic heterocycles. The van der Waals surface area contributed by atoms with Crippen molar-refractivity contribution in [2.45, 2.75) is 50.9 Å². The number of nitrogens with one attached hydrogen (secondary N) is 2. The smallest absolute Gasteiger partial charge is 0.203 e. The molecule has 8 heteroatoms. The van der Waals surface area contributed by atoms with E-state index in [-0.39, 0.29) is 24.0 Å². The van der Waals surface area contributed by atoms with Crippen LogP contribution >= 0.6 is 24.0 Å². The zero-order chi connectivity index (χ0) is 19.2. The van der Waals surface area contributed by atoms with Crippen LogP contribution in [0.1, 0.15) is 31.7 Å². The van der Waals surface area contributed by atoms with Crippen LogP contribution in [0.15, 0.2) is 17.1 Å². The largest absolute Gasteiger partial charge is 0.493 e. The highest BCUT2D eigenvalue weighted by Crippen LogP contribution is 2.40. The molecule has 0 amide bonds. The first-order valence-corrected chi connectivity index (χ1v) is 9.68. The van der Waals surface area contributed by atoms with Gasteiger partial charge >= 0.3 is 0 Å². The van der Waals surface area contributed by atoms with Crippen molar-refractivity contribution in [3.63, 3.8) is 0 Å². The summed E-state index contributed by atoms with van der Waals surface area (Å²) in [5, 5.41) is 6.87. The maximum atomic E-state index is 5.93. The van der Waals surface area contributed by atoms with Gasteiger partial charge in [-0.3, -0.25) is 4.99 Å². The monoisotopic (exact) mass is 505 g/mol. The summed E-state index contributed by atoms with van der Waals surface area (Å²) < 4.78 is 22.3. The third kappa shape index (κ3) is 5.14. The Morgan fingerprint density at radius 2 is 1.93 bits per heavy atom. The number of hydrogen-bond donors (Lipinski definition) is 2. The Bertz CT molecular complexity index is 671. The van der Waals surface area contributed by atoms with Gasteiger partial charge in [-0.05, 0) is 38.7 Å². The third-order valence-electron chi connectivity index (χ3n) is 5.21. The number of guanidine groups is 1. The second-order valence-corrected chi connectivity index (χ2v) is 6.86. The van der Waals surface area contributed by atoms with Gasteiger partial charge in [0.05, 0.1) is 39.6 Å². The molecule has 3 unspecified atom stereocenters. The Morgan fingerprint density at radius 1 is 1.14 bits per heavy atom. The minimum absolute atomic E-state index is 0. The molecule has 1 aromatic rings. The Labute approximate surface area is 184 Å². The van der Waals surface area contributed by atoms with Crippen LogP contribution in [0.2, 0.25) is 0 Å². The second kappa shape index (κ2) is 10.9. The van der Waals surface area contributed by atoms with E-state index < -0.39 is 0 Å². The van der Waals surface area contributed by atoms with Gasteiger partial charge in [-0.15, -0.1) is 24.0 Å². The van der Waals surface area contributed by atoms with Crippen LogP contribution in [0.5, 0.6) is 17.2 Å². The standard InChI is InChI=1S/C20H31N3O4.HI/c1-5-21-20(23-15-12-14-7-9-16(15)27-14)22-11-10-13-6-8-17(24-2)19(26-4)18(13)25-3;/h6,8,14-16H,5,7,9-12H2,1-4H3,(H2,21,22,23);1H. The van der Waals surface area contributed by atoms with Crippen LogP contribution in [0, 0.1) is 0 Å². The molecule has 2 heterocycles. The van der Waals surface area contributed by atoms with Crippen LogP contribution in [-0.4, -0.2) is 58.6 Å². The number of rotatable bonds is 8. The number of methoxy groups -OCH3 is 3. The average Bonchev–Trinajstić information content (AvgIpc) is 3.30. The van der Waals surface area contributed by atoms with Gasteiger partial charge < -0.3 is 29.6 Å². The topological polar surface area (TPSA) is 73.3 Å². The van der Waals surface area contributed by atoms with Crippen LogP contribution in [-0.2, 0) is 11.2 Å². The molecule has 7 nitrogen and oxygen atoms in total. The number of nitrogens with zero attached hydrogens (tertiary/aromatic N) is 1. The molecule has 3 rings (SSSR count). The van der Waals surface area contributed by atoms with Gasteiger partial charge in [0.15, 0.2) is 17.5 Å². The highest BCUT2D eigenvalue weighted by Gasteiger charge is 2.41. The number of aliphatic imine (C=N–C) groups is 1. The highest BCUT2D eigenvalue weighted by atomic mass is 127. The van der Waals surface area contributed by atoms with E-state index in [9.17, 15) is 0 Å². The maximum Gasteiger partial charge on any atom is 0.203 e. The molecule has 3 atom stereocenters. The summed E-state index contributed by atoms with van der Waals surface area (Å²) in [5.74, 6) is 2.82. The molecule has 0 aliphatic carbocycles. The second-order valence-electron chi connectivity index (χ2n) is 6.86. The van der Waals surface area contributed by atoms with Crippen molar-refractivity contribution in [3.05, 3.63) is 17.7 Å². The summed E-state index contributed by atoms with van der Waals surface area (Å²) in [4.78, 5) is 4.74. The number of benzene rings is 1. The van der Waals surface area contributed by atoms with Crippen molar-refractivity contribution >= 4 is 29.9 Å². The molecule has 2 saturated heterocycles. The molecule has 2 fully saturated rings. The van der Waals surface area contributed by atoms with Gasteiger partial charge in [-0.1, -0.05) is 6.07 Å². The van der Waals surface area contributed by atoms with E-state index in [2.05, 4.69) is 17.6 Å². The SMILES string of the molecule is CCNC(=NCCc1ccc(OC)c(OC)c1OC)NC1CC2CCC1O2.I. The molecule has 1 aromatic carbocycles. The predicted molar refractivity (Wildman–Crippen MR) is 121 cm³/mol. The molecule has 158 valence electrons. The first kappa shape index (κ1) is 22.9. The first-order valence-electron chi connectivity index (χ1n) is 9.68. The zero-order valence-electron chi connectivity index (χ0n) is 17.1. The van der Waals surface area contributed by atoms with Crippen LogP contribution in [0.4, 0.5) is 0 Å². The Morgan fingerprint density at radius 3 is 2.50 bits per heavy atom. The van der Waals surface area contributed by atoms with E-state index in [1.807, 2.05) is 12.1 Å². The average molecular weight is 505 g/mol. The van der Waals surface area contributed by atoms with E-state index >= 15 is 0 Å². The van der Waals surface area contributed by atoms with Crippen molar-refractivity contribution in [1.29, 1.82) is 0 Å². The molecule has 0 spiro atoms. The highest BCUT2D eigenvalue weighted by molar-refractivity contribution is 14.0. The van der Waals surface area contributed by atoms with Gasteiger partial charge in [0, 0.05) is 18.7 Å².